The number of hydrogen-bond donors (Lipinski definition) is 1. The first-order valence-corrected chi connectivity index (χ1v) is 7.54. The van der Waals surface area contributed by atoms with Crippen LogP contribution in [0.4, 0.5) is 0 Å². The molecule has 0 aliphatic carbocycles. The van der Waals surface area contributed by atoms with Crippen molar-refractivity contribution >= 4 is 26.0 Å². The Morgan fingerprint density at radius 1 is 1.59 bits per heavy atom. The molecule has 0 aliphatic heterocycles. The van der Waals surface area contributed by atoms with E-state index in [0.29, 0.717) is 5.76 Å². The summed E-state index contributed by atoms with van der Waals surface area (Å²) in [6, 6.07) is 1.39. The molecular formula is C10H17BrN2O3S. The topological polar surface area (TPSA) is 76.5 Å². The monoisotopic (exact) mass is 324 g/mol. The van der Waals surface area contributed by atoms with Gasteiger partial charge in [0, 0.05) is 19.2 Å². The predicted octanol–water partition coefficient (Wildman–Crippen LogP) is 1.92. The van der Waals surface area contributed by atoms with Gasteiger partial charge in [0.15, 0.2) is 4.67 Å². The molecule has 0 bridgehead atoms. The molecule has 1 aromatic rings. The van der Waals surface area contributed by atoms with E-state index in [9.17, 15) is 8.42 Å². The van der Waals surface area contributed by atoms with E-state index in [1.165, 1.54) is 10.4 Å². The summed E-state index contributed by atoms with van der Waals surface area (Å²) in [5, 5.41) is 0. The lowest BCUT2D eigenvalue weighted by molar-refractivity contribution is 0.379. The van der Waals surface area contributed by atoms with Gasteiger partial charge in [-0.15, -0.1) is 0 Å². The Morgan fingerprint density at radius 2 is 2.18 bits per heavy atom. The number of nitrogens with two attached hydrogens (primary N) is 1. The van der Waals surface area contributed by atoms with Crippen LogP contribution in [0.3, 0.4) is 0 Å². The SMILES string of the molecule is CCC(C)N(C)S(=O)(=O)c1cc(CN)oc1Br. The van der Waals surface area contributed by atoms with Crippen LogP contribution in [0, 0.1) is 0 Å². The summed E-state index contributed by atoms with van der Waals surface area (Å²) in [5.74, 6) is 0.438. The maximum Gasteiger partial charge on any atom is 0.247 e. The van der Waals surface area contributed by atoms with Crippen molar-refractivity contribution in [3.63, 3.8) is 0 Å². The van der Waals surface area contributed by atoms with Crippen molar-refractivity contribution in [1.29, 1.82) is 0 Å². The number of nitrogens with zero attached hydrogens (tertiary/aromatic N) is 1. The van der Waals surface area contributed by atoms with Gasteiger partial charge >= 0.3 is 0 Å². The van der Waals surface area contributed by atoms with E-state index < -0.39 is 10.0 Å². The summed E-state index contributed by atoms with van der Waals surface area (Å²) >= 11 is 3.11. The molecule has 5 nitrogen and oxygen atoms in total. The lowest BCUT2D eigenvalue weighted by Gasteiger charge is -2.22. The average molecular weight is 325 g/mol. The minimum absolute atomic E-state index is 0.0665. The lowest BCUT2D eigenvalue weighted by atomic mass is 10.3. The van der Waals surface area contributed by atoms with Crippen molar-refractivity contribution in [3.8, 4) is 0 Å². The fourth-order valence-electron chi connectivity index (χ4n) is 1.32. The van der Waals surface area contributed by atoms with Crippen molar-refractivity contribution in [2.45, 2.75) is 37.8 Å². The molecule has 98 valence electrons. The number of sulfonamides is 1. The smallest absolute Gasteiger partial charge is 0.247 e. The zero-order valence-electron chi connectivity index (χ0n) is 10.1. The van der Waals surface area contributed by atoms with Crippen molar-refractivity contribution < 1.29 is 12.8 Å². The van der Waals surface area contributed by atoms with Crippen molar-refractivity contribution in [1.82, 2.24) is 4.31 Å². The Bertz CT molecular complexity index is 484. The van der Waals surface area contributed by atoms with Gasteiger partial charge in [0.1, 0.15) is 10.7 Å². The van der Waals surface area contributed by atoms with E-state index in [1.807, 2.05) is 13.8 Å². The molecule has 0 saturated heterocycles. The highest BCUT2D eigenvalue weighted by Gasteiger charge is 2.29. The highest BCUT2D eigenvalue weighted by Crippen LogP contribution is 2.29. The van der Waals surface area contributed by atoms with Gasteiger partial charge in [0.2, 0.25) is 10.0 Å². The maximum absolute atomic E-state index is 12.3. The van der Waals surface area contributed by atoms with E-state index in [1.54, 1.807) is 7.05 Å². The van der Waals surface area contributed by atoms with Gasteiger partial charge in [-0.2, -0.15) is 4.31 Å². The summed E-state index contributed by atoms with van der Waals surface area (Å²) in [5.41, 5.74) is 5.41. The second-order valence-corrected chi connectivity index (χ2v) is 6.52. The number of hydrogen-bond acceptors (Lipinski definition) is 4. The molecule has 0 saturated carbocycles. The minimum atomic E-state index is -3.53. The van der Waals surface area contributed by atoms with Crippen LogP contribution in [-0.2, 0) is 16.6 Å². The fourth-order valence-corrected chi connectivity index (χ4v) is 3.72. The first-order valence-electron chi connectivity index (χ1n) is 5.30. The maximum atomic E-state index is 12.3. The van der Waals surface area contributed by atoms with Crippen LogP contribution in [0.5, 0.6) is 0 Å². The normalized spacial score (nSPS) is 14.2. The van der Waals surface area contributed by atoms with Crippen LogP contribution in [-0.4, -0.2) is 25.8 Å². The van der Waals surface area contributed by atoms with Gasteiger partial charge in [0.05, 0.1) is 6.54 Å². The van der Waals surface area contributed by atoms with E-state index >= 15 is 0 Å². The summed E-state index contributed by atoms with van der Waals surface area (Å²) in [7, 11) is -1.97. The van der Waals surface area contributed by atoms with E-state index in [2.05, 4.69) is 15.9 Å². The van der Waals surface area contributed by atoms with Crippen LogP contribution < -0.4 is 5.73 Å². The predicted molar refractivity (Wildman–Crippen MR) is 69.0 cm³/mol. The fraction of sp³-hybridized carbons (Fsp3) is 0.600. The molecule has 1 rings (SSSR count). The van der Waals surface area contributed by atoms with Crippen LogP contribution in [0.2, 0.25) is 0 Å². The third-order valence-corrected chi connectivity index (χ3v) is 5.60. The Kier molecular flexibility index (Phi) is 4.77. The molecule has 7 heteroatoms. The highest BCUT2D eigenvalue weighted by molar-refractivity contribution is 9.10. The Labute approximate surface area is 110 Å². The lowest BCUT2D eigenvalue weighted by Crippen LogP contribution is -2.34. The van der Waals surface area contributed by atoms with Crippen LogP contribution in [0.15, 0.2) is 20.0 Å². The summed E-state index contributed by atoms with van der Waals surface area (Å²) < 4.78 is 31.3. The van der Waals surface area contributed by atoms with Gasteiger partial charge < -0.3 is 10.2 Å². The minimum Gasteiger partial charge on any atom is -0.452 e. The van der Waals surface area contributed by atoms with Gasteiger partial charge in [-0.25, -0.2) is 8.42 Å². The van der Waals surface area contributed by atoms with Gasteiger partial charge in [-0.05, 0) is 29.3 Å². The molecule has 0 radical (unpaired) electrons. The number of rotatable bonds is 5. The van der Waals surface area contributed by atoms with Gasteiger partial charge in [-0.1, -0.05) is 6.92 Å². The Balaban J connectivity index is 3.17. The van der Waals surface area contributed by atoms with Crippen LogP contribution in [0.25, 0.3) is 0 Å². The molecule has 1 unspecified atom stereocenters. The van der Waals surface area contributed by atoms with Gasteiger partial charge in [0.25, 0.3) is 0 Å². The Morgan fingerprint density at radius 3 is 2.59 bits per heavy atom. The summed E-state index contributed by atoms with van der Waals surface area (Å²) in [6.45, 7) is 3.96. The number of halogens is 1. The molecule has 0 fully saturated rings. The van der Waals surface area contributed by atoms with E-state index in [4.69, 9.17) is 10.2 Å². The average Bonchev–Trinajstić information content (AvgIpc) is 2.69. The zero-order chi connectivity index (χ0) is 13.2. The van der Waals surface area contributed by atoms with Crippen molar-refractivity contribution in [3.05, 3.63) is 16.5 Å². The molecule has 0 aromatic carbocycles. The molecule has 0 aliphatic rings. The standard InChI is InChI=1S/C10H17BrN2O3S/c1-4-7(2)13(3)17(14,15)9-5-8(6-12)16-10(9)11/h5,7H,4,6,12H2,1-3H3. The molecule has 17 heavy (non-hydrogen) atoms. The first-order chi connectivity index (χ1) is 7.84. The van der Waals surface area contributed by atoms with Crippen LogP contribution >= 0.6 is 15.9 Å². The zero-order valence-corrected chi connectivity index (χ0v) is 12.5. The van der Waals surface area contributed by atoms with Crippen molar-refractivity contribution in [2.75, 3.05) is 7.05 Å². The highest BCUT2D eigenvalue weighted by atomic mass is 79.9. The largest absolute Gasteiger partial charge is 0.452 e. The van der Waals surface area contributed by atoms with Crippen LogP contribution in [0.1, 0.15) is 26.0 Å². The first kappa shape index (κ1) is 14.7. The number of furan rings is 1. The third-order valence-electron chi connectivity index (χ3n) is 2.78. The van der Waals surface area contributed by atoms with E-state index in [0.717, 1.165) is 6.42 Å². The summed E-state index contributed by atoms with van der Waals surface area (Å²) in [4.78, 5) is 0.126. The second-order valence-electron chi connectivity index (χ2n) is 3.83. The molecule has 1 aromatic heterocycles. The quantitative estimate of drug-likeness (QED) is 0.897. The summed E-state index contributed by atoms with van der Waals surface area (Å²) in [6.07, 6.45) is 0.745. The molecule has 1 atom stereocenters. The Hall–Kier alpha value is -0.370. The molecule has 2 N–H and O–H groups in total. The van der Waals surface area contributed by atoms with E-state index in [-0.39, 0.29) is 22.2 Å². The second kappa shape index (κ2) is 5.51. The van der Waals surface area contributed by atoms with Crippen molar-refractivity contribution in [2.24, 2.45) is 5.73 Å². The molecule has 0 amide bonds. The third kappa shape index (κ3) is 2.90. The molecule has 1 heterocycles. The molecule has 0 spiro atoms. The van der Waals surface area contributed by atoms with Gasteiger partial charge in [-0.3, -0.25) is 0 Å². The molecular weight excluding hydrogens is 308 g/mol.